The minimum atomic E-state index is -0.945. The van der Waals surface area contributed by atoms with Gasteiger partial charge in [-0.05, 0) is 84.8 Å². The van der Waals surface area contributed by atoms with Crippen molar-refractivity contribution in [2.24, 2.45) is 5.73 Å². The van der Waals surface area contributed by atoms with Gasteiger partial charge >= 0.3 is 5.97 Å². The van der Waals surface area contributed by atoms with Gasteiger partial charge in [0.25, 0.3) is 0 Å². The number of hydrogen-bond acceptors (Lipinski definition) is 4. The summed E-state index contributed by atoms with van der Waals surface area (Å²) >= 11 is 0. The van der Waals surface area contributed by atoms with Gasteiger partial charge in [0, 0.05) is 25.1 Å². The molecule has 0 bridgehead atoms. The van der Waals surface area contributed by atoms with Gasteiger partial charge in [-0.15, -0.1) is 0 Å². The van der Waals surface area contributed by atoms with E-state index in [1.165, 1.54) is 5.56 Å². The fourth-order valence-electron chi connectivity index (χ4n) is 4.03. The molecule has 0 atom stereocenters. The van der Waals surface area contributed by atoms with Crippen LogP contribution >= 0.6 is 0 Å². The van der Waals surface area contributed by atoms with Gasteiger partial charge in [-0.25, -0.2) is 4.79 Å². The number of carbonyl (C=O) groups excluding carboxylic acids is 2. The number of carboxylic acid groups (broad SMARTS) is 1. The summed E-state index contributed by atoms with van der Waals surface area (Å²) in [5.41, 5.74) is 11.6. The third-order valence-corrected chi connectivity index (χ3v) is 6.03. The third kappa shape index (κ3) is 8.06. The van der Waals surface area contributed by atoms with Gasteiger partial charge < -0.3 is 21.5 Å². The third-order valence-electron chi connectivity index (χ3n) is 6.03. The van der Waals surface area contributed by atoms with Crippen molar-refractivity contribution < 1.29 is 19.5 Å². The zero-order valence-electron chi connectivity index (χ0n) is 20.5. The summed E-state index contributed by atoms with van der Waals surface area (Å²) in [6, 6.07) is 20.6. The van der Waals surface area contributed by atoms with E-state index in [1.807, 2.05) is 25.1 Å². The van der Waals surface area contributed by atoms with Gasteiger partial charge in [-0.3, -0.25) is 9.59 Å². The first-order valence-electron chi connectivity index (χ1n) is 12.1. The zero-order valence-corrected chi connectivity index (χ0v) is 20.5. The largest absolute Gasteiger partial charge is 0.478 e. The number of carboxylic acids is 1. The van der Waals surface area contributed by atoms with Crippen LogP contribution in [0.5, 0.6) is 0 Å². The van der Waals surface area contributed by atoms with Crippen LogP contribution in [-0.2, 0) is 17.6 Å². The zero-order chi connectivity index (χ0) is 25.9. The van der Waals surface area contributed by atoms with Crippen molar-refractivity contribution in [2.75, 3.05) is 19.6 Å². The lowest BCUT2D eigenvalue weighted by Crippen LogP contribution is -2.29. The second-order valence-electron chi connectivity index (χ2n) is 8.80. The number of rotatable bonds is 13. The molecule has 7 heteroatoms. The molecule has 3 aromatic carbocycles. The van der Waals surface area contributed by atoms with Crippen LogP contribution in [-0.4, -0.2) is 42.5 Å². The van der Waals surface area contributed by atoms with Crippen molar-refractivity contribution in [3.05, 3.63) is 94.5 Å². The monoisotopic (exact) mass is 487 g/mol. The molecule has 7 nitrogen and oxygen atoms in total. The van der Waals surface area contributed by atoms with E-state index in [4.69, 9.17) is 10.8 Å². The molecule has 5 N–H and O–H groups in total. The fraction of sp³-hybridized carbons (Fsp3) is 0.276. The maximum atomic E-state index is 12.0. The quantitative estimate of drug-likeness (QED) is 0.274. The van der Waals surface area contributed by atoms with Crippen molar-refractivity contribution in [1.82, 2.24) is 10.6 Å². The Balaban J connectivity index is 1.33. The van der Waals surface area contributed by atoms with E-state index < -0.39 is 11.9 Å². The Kier molecular flexibility index (Phi) is 9.77. The summed E-state index contributed by atoms with van der Waals surface area (Å²) < 4.78 is 0. The van der Waals surface area contributed by atoms with Crippen LogP contribution in [0, 0.1) is 6.92 Å². The molecule has 3 rings (SSSR count). The molecule has 0 fully saturated rings. The normalized spacial score (nSPS) is 10.7. The SMILES string of the molecule is Cc1cc(C(N)=O)ccc1-c1cccc(CCCNCCC(=O)NCCc2ccc(C(=O)O)cc2)c1. The molecule has 36 heavy (non-hydrogen) atoms. The minimum Gasteiger partial charge on any atom is -0.478 e. The Morgan fingerprint density at radius 2 is 1.58 bits per heavy atom. The topological polar surface area (TPSA) is 122 Å². The molecule has 0 radical (unpaired) electrons. The highest BCUT2D eigenvalue weighted by Crippen LogP contribution is 2.25. The number of aromatic carboxylic acids is 1. The number of aryl methyl sites for hydroxylation is 2. The van der Waals surface area contributed by atoms with E-state index in [2.05, 4.69) is 28.8 Å². The van der Waals surface area contributed by atoms with Gasteiger partial charge in [-0.2, -0.15) is 0 Å². The molecule has 188 valence electrons. The molecule has 0 aliphatic rings. The summed E-state index contributed by atoms with van der Waals surface area (Å²) in [5, 5.41) is 15.2. The molecular weight excluding hydrogens is 454 g/mol. The number of amides is 2. The Morgan fingerprint density at radius 1 is 0.833 bits per heavy atom. The van der Waals surface area contributed by atoms with Crippen molar-refractivity contribution in [3.63, 3.8) is 0 Å². The molecule has 0 saturated heterocycles. The number of primary amides is 1. The van der Waals surface area contributed by atoms with Gasteiger partial charge in [-0.1, -0.05) is 42.5 Å². The van der Waals surface area contributed by atoms with Gasteiger partial charge in [0.2, 0.25) is 11.8 Å². The molecule has 2 amide bonds. The highest BCUT2D eigenvalue weighted by molar-refractivity contribution is 5.93. The van der Waals surface area contributed by atoms with Crippen molar-refractivity contribution in [1.29, 1.82) is 0 Å². The first kappa shape index (κ1) is 26.6. The van der Waals surface area contributed by atoms with Crippen LogP contribution in [0.3, 0.4) is 0 Å². The molecular formula is C29H33N3O4. The molecule has 0 heterocycles. The van der Waals surface area contributed by atoms with Crippen molar-refractivity contribution >= 4 is 17.8 Å². The van der Waals surface area contributed by atoms with E-state index in [-0.39, 0.29) is 11.5 Å². The molecule has 0 aliphatic carbocycles. The van der Waals surface area contributed by atoms with Crippen LogP contribution in [0.2, 0.25) is 0 Å². The number of benzene rings is 3. The number of nitrogens with one attached hydrogen (secondary N) is 2. The molecule has 0 spiro atoms. The summed E-state index contributed by atoms with van der Waals surface area (Å²) in [6.07, 6.45) is 2.95. The molecule has 3 aromatic rings. The smallest absolute Gasteiger partial charge is 0.335 e. The highest BCUT2D eigenvalue weighted by Gasteiger charge is 2.07. The molecule has 0 aromatic heterocycles. The Hall–Kier alpha value is -3.97. The number of hydrogen-bond donors (Lipinski definition) is 4. The van der Waals surface area contributed by atoms with E-state index in [9.17, 15) is 14.4 Å². The minimum absolute atomic E-state index is 0.00455. The summed E-state index contributed by atoms with van der Waals surface area (Å²) in [6.45, 7) is 3.93. The highest BCUT2D eigenvalue weighted by atomic mass is 16.4. The van der Waals surface area contributed by atoms with Crippen molar-refractivity contribution in [3.8, 4) is 11.1 Å². The van der Waals surface area contributed by atoms with E-state index in [0.29, 0.717) is 31.5 Å². The summed E-state index contributed by atoms with van der Waals surface area (Å²) in [4.78, 5) is 34.3. The average Bonchev–Trinajstić information content (AvgIpc) is 2.86. The number of nitrogens with two attached hydrogens (primary N) is 1. The first-order chi connectivity index (χ1) is 17.3. The maximum Gasteiger partial charge on any atom is 0.335 e. The fourth-order valence-corrected chi connectivity index (χ4v) is 4.03. The Bertz CT molecular complexity index is 1210. The van der Waals surface area contributed by atoms with E-state index in [0.717, 1.165) is 41.6 Å². The van der Waals surface area contributed by atoms with Crippen LogP contribution in [0.15, 0.2) is 66.7 Å². The van der Waals surface area contributed by atoms with E-state index >= 15 is 0 Å². The van der Waals surface area contributed by atoms with Gasteiger partial charge in [0.05, 0.1) is 5.56 Å². The van der Waals surface area contributed by atoms with Gasteiger partial charge in [0.15, 0.2) is 0 Å². The second-order valence-corrected chi connectivity index (χ2v) is 8.80. The van der Waals surface area contributed by atoms with Gasteiger partial charge in [0.1, 0.15) is 0 Å². The van der Waals surface area contributed by atoms with Crippen LogP contribution < -0.4 is 16.4 Å². The van der Waals surface area contributed by atoms with Crippen LogP contribution in [0.25, 0.3) is 11.1 Å². The predicted molar refractivity (Wildman–Crippen MR) is 141 cm³/mol. The first-order valence-corrected chi connectivity index (χ1v) is 12.1. The summed E-state index contributed by atoms with van der Waals surface area (Å²) in [7, 11) is 0. The lowest BCUT2D eigenvalue weighted by molar-refractivity contribution is -0.120. The van der Waals surface area contributed by atoms with Crippen LogP contribution in [0.4, 0.5) is 0 Å². The van der Waals surface area contributed by atoms with E-state index in [1.54, 1.807) is 30.3 Å². The lowest BCUT2D eigenvalue weighted by Gasteiger charge is -2.10. The summed E-state index contributed by atoms with van der Waals surface area (Å²) in [5.74, 6) is -1.37. The Morgan fingerprint density at radius 3 is 2.28 bits per heavy atom. The molecule has 0 saturated carbocycles. The van der Waals surface area contributed by atoms with Crippen LogP contribution in [0.1, 0.15) is 50.2 Å². The second kappa shape index (κ2) is 13.2. The maximum absolute atomic E-state index is 12.0. The van der Waals surface area contributed by atoms with Crippen molar-refractivity contribution in [2.45, 2.75) is 32.6 Å². The predicted octanol–water partition coefficient (Wildman–Crippen LogP) is 3.73. The average molecular weight is 488 g/mol. The number of carbonyl (C=O) groups is 3. The molecule has 0 aliphatic heterocycles. The lowest BCUT2D eigenvalue weighted by atomic mass is 9.96. The Labute approximate surface area is 211 Å². The standard InChI is InChI=1S/C29H33N3O4/c1-20-18-25(28(30)34)11-12-26(20)24-6-2-4-22(19-24)5-3-15-31-16-14-27(33)32-17-13-21-7-9-23(10-8-21)29(35)36/h2,4,6-12,18-19,31H,3,5,13-17H2,1H3,(H2,30,34)(H,32,33)(H,35,36). The molecule has 0 unspecified atom stereocenters.